The zero-order valence-electron chi connectivity index (χ0n) is 17.6. The molecule has 6 heteroatoms. The lowest BCUT2D eigenvalue weighted by Gasteiger charge is -2.11. The Bertz CT molecular complexity index is 1110. The maximum absolute atomic E-state index is 13.6. The third-order valence-corrected chi connectivity index (χ3v) is 4.91. The van der Waals surface area contributed by atoms with Gasteiger partial charge in [-0.15, -0.1) is 0 Å². The molecule has 0 atom stereocenters. The molecule has 0 radical (unpaired) electrons. The number of alkyl halides is 3. The van der Waals surface area contributed by atoms with Crippen molar-refractivity contribution in [2.24, 2.45) is 4.99 Å². The highest BCUT2D eigenvalue weighted by atomic mass is 19.4. The van der Waals surface area contributed by atoms with Crippen LogP contribution in [0.2, 0.25) is 0 Å². The van der Waals surface area contributed by atoms with Gasteiger partial charge in [-0.2, -0.15) is 13.2 Å². The summed E-state index contributed by atoms with van der Waals surface area (Å²) in [4.78, 5) is 4.64. The number of nitrogens with zero attached hydrogens (tertiary/aromatic N) is 1. The Morgan fingerprint density at radius 3 is 2.32 bits per heavy atom. The molecule has 2 nitrogen and oxygen atoms in total. The van der Waals surface area contributed by atoms with Crippen molar-refractivity contribution in [1.82, 2.24) is 0 Å². The predicted molar refractivity (Wildman–Crippen MR) is 115 cm³/mol. The summed E-state index contributed by atoms with van der Waals surface area (Å²) in [6.45, 7) is 5.72. The number of aliphatic imine (C=N–C) groups is 1. The number of allylic oxidation sites excluding steroid dienone is 2. The summed E-state index contributed by atoms with van der Waals surface area (Å²) >= 11 is 0. The summed E-state index contributed by atoms with van der Waals surface area (Å²) < 4.78 is 59.3. The van der Waals surface area contributed by atoms with E-state index in [-0.39, 0.29) is 11.3 Å². The van der Waals surface area contributed by atoms with E-state index in [1.807, 2.05) is 37.3 Å². The normalized spacial score (nSPS) is 13.3. The van der Waals surface area contributed by atoms with E-state index in [9.17, 15) is 17.6 Å². The topological polar surface area (TPSA) is 25.5 Å². The van der Waals surface area contributed by atoms with Crippen molar-refractivity contribution in [2.75, 3.05) is 0 Å². The van der Waals surface area contributed by atoms with Crippen molar-refractivity contribution >= 4 is 11.3 Å². The average molecular weight is 429 g/mol. The molecule has 0 saturated heterocycles. The molecule has 0 aliphatic carbocycles. The Labute approximate surface area is 178 Å². The number of rotatable bonds is 6. The SMILES string of the molecule is CCC/C(=C(/C)N=C(C)c1ccc(-c2cc(F)ccc2C(F)(F)F)o1)c1ccccc1. The van der Waals surface area contributed by atoms with E-state index < -0.39 is 17.6 Å². The van der Waals surface area contributed by atoms with E-state index in [1.54, 1.807) is 13.0 Å². The molecule has 0 aliphatic heterocycles. The molecular weight excluding hydrogens is 406 g/mol. The maximum atomic E-state index is 13.6. The third kappa shape index (κ3) is 5.32. The molecule has 0 bridgehead atoms. The van der Waals surface area contributed by atoms with Gasteiger partial charge in [-0.3, -0.25) is 4.99 Å². The first-order valence-corrected chi connectivity index (χ1v) is 9.98. The van der Waals surface area contributed by atoms with Gasteiger partial charge in [0.05, 0.1) is 11.3 Å². The maximum Gasteiger partial charge on any atom is 0.417 e. The molecule has 31 heavy (non-hydrogen) atoms. The molecule has 0 N–H and O–H groups in total. The van der Waals surface area contributed by atoms with Gasteiger partial charge < -0.3 is 4.42 Å². The van der Waals surface area contributed by atoms with E-state index in [4.69, 9.17) is 4.42 Å². The van der Waals surface area contributed by atoms with Gasteiger partial charge in [0.15, 0.2) is 0 Å². The van der Waals surface area contributed by atoms with Gasteiger partial charge in [-0.05, 0) is 61.7 Å². The molecule has 0 amide bonds. The second-order valence-corrected chi connectivity index (χ2v) is 7.23. The molecule has 0 fully saturated rings. The van der Waals surface area contributed by atoms with Crippen LogP contribution in [-0.2, 0) is 6.18 Å². The fourth-order valence-corrected chi connectivity index (χ4v) is 3.44. The molecule has 1 heterocycles. The van der Waals surface area contributed by atoms with Crippen LogP contribution in [0.4, 0.5) is 17.6 Å². The van der Waals surface area contributed by atoms with Crippen molar-refractivity contribution in [3.05, 3.63) is 89.1 Å². The summed E-state index contributed by atoms with van der Waals surface area (Å²) in [6.07, 6.45) is -2.84. The van der Waals surface area contributed by atoms with Crippen molar-refractivity contribution in [3.63, 3.8) is 0 Å². The molecule has 0 aliphatic rings. The number of furan rings is 1. The molecule has 1 aromatic heterocycles. The molecule has 162 valence electrons. The van der Waals surface area contributed by atoms with Gasteiger partial charge in [-0.25, -0.2) is 4.39 Å². The minimum atomic E-state index is -4.62. The summed E-state index contributed by atoms with van der Waals surface area (Å²) in [5.41, 5.74) is 2.22. The Hall–Kier alpha value is -3.15. The molecule has 2 aromatic carbocycles. The Kier molecular flexibility index (Phi) is 6.78. The van der Waals surface area contributed by atoms with Crippen LogP contribution < -0.4 is 0 Å². The molecule has 0 saturated carbocycles. The number of hydrogen-bond acceptors (Lipinski definition) is 2. The van der Waals surface area contributed by atoms with E-state index in [0.717, 1.165) is 47.9 Å². The first-order chi connectivity index (χ1) is 14.7. The van der Waals surface area contributed by atoms with Gasteiger partial charge in [0.2, 0.25) is 0 Å². The van der Waals surface area contributed by atoms with Crippen LogP contribution in [0.3, 0.4) is 0 Å². The molecule has 0 unspecified atom stereocenters. The number of hydrogen-bond donors (Lipinski definition) is 0. The summed E-state index contributed by atoms with van der Waals surface area (Å²) in [6, 6.07) is 15.2. The van der Waals surface area contributed by atoms with Crippen LogP contribution in [0.5, 0.6) is 0 Å². The standard InChI is InChI=1S/C25H23F4NO/c1-4-8-20(18-9-6-5-7-10-18)16(2)30-17(3)23-13-14-24(31-23)21-15-19(26)11-12-22(21)25(27,28)29/h5-7,9-15H,4,8H2,1-3H3/b20-16+,30-17?. The Balaban J connectivity index is 1.99. The lowest BCUT2D eigenvalue weighted by Crippen LogP contribution is -2.07. The minimum Gasteiger partial charge on any atom is -0.455 e. The fourth-order valence-electron chi connectivity index (χ4n) is 3.44. The highest BCUT2D eigenvalue weighted by Crippen LogP contribution is 2.38. The zero-order valence-corrected chi connectivity index (χ0v) is 17.6. The van der Waals surface area contributed by atoms with Crippen molar-refractivity contribution in [1.29, 1.82) is 0 Å². The van der Waals surface area contributed by atoms with Gasteiger partial charge in [-0.1, -0.05) is 43.7 Å². The van der Waals surface area contributed by atoms with E-state index in [0.29, 0.717) is 11.5 Å². The molecule has 3 aromatic rings. The first kappa shape index (κ1) is 22.5. The van der Waals surface area contributed by atoms with E-state index >= 15 is 0 Å². The molecule has 0 spiro atoms. The van der Waals surface area contributed by atoms with Gasteiger partial charge in [0.1, 0.15) is 17.3 Å². The van der Waals surface area contributed by atoms with Crippen LogP contribution in [0.15, 0.2) is 75.8 Å². The zero-order chi connectivity index (χ0) is 22.6. The minimum absolute atomic E-state index is 0.0603. The Morgan fingerprint density at radius 2 is 1.68 bits per heavy atom. The first-order valence-electron chi connectivity index (χ1n) is 9.98. The average Bonchev–Trinajstić information content (AvgIpc) is 3.22. The fraction of sp³-hybridized carbons (Fsp3) is 0.240. The van der Waals surface area contributed by atoms with Crippen molar-refractivity contribution < 1.29 is 22.0 Å². The Morgan fingerprint density at radius 1 is 0.968 bits per heavy atom. The van der Waals surface area contributed by atoms with Crippen molar-refractivity contribution in [3.8, 4) is 11.3 Å². The lowest BCUT2D eigenvalue weighted by molar-refractivity contribution is -0.137. The highest BCUT2D eigenvalue weighted by Gasteiger charge is 2.34. The van der Waals surface area contributed by atoms with Crippen LogP contribution in [0, 0.1) is 5.82 Å². The van der Waals surface area contributed by atoms with Gasteiger partial charge in [0, 0.05) is 11.3 Å². The number of benzene rings is 2. The summed E-state index contributed by atoms with van der Waals surface area (Å²) in [7, 11) is 0. The molecule has 3 rings (SSSR count). The van der Waals surface area contributed by atoms with Crippen LogP contribution >= 0.6 is 0 Å². The summed E-state index contributed by atoms with van der Waals surface area (Å²) in [5.74, 6) is -0.498. The largest absolute Gasteiger partial charge is 0.455 e. The summed E-state index contributed by atoms with van der Waals surface area (Å²) in [5, 5.41) is 0. The quantitative estimate of drug-likeness (QED) is 0.287. The van der Waals surface area contributed by atoms with Crippen LogP contribution in [0.1, 0.15) is 50.5 Å². The monoisotopic (exact) mass is 429 g/mol. The van der Waals surface area contributed by atoms with Crippen LogP contribution in [-0.4, -0.2) is 5.71 Å². The van der Waals surface area contributed by atoms with Gasteiger partial charge in [0.25, 0.3) is 0 Å². The van der Waals surface area contributed by atoms with Crippen LogP contribution in [0.25, 0.3) is 16.9 Å². The third-order valence-electron chi connectivity index (χ3n) is 4.91. The highest BCUT2D eigenvalue weighted by molar-refractivity contribution is 5.98. The molecular formula is C25H23F4NO. The predicted octanol–water partition coefficient (Wildman–Crippen LogP) is 8.14. The second-order valence-electron chi connectivity index (χ2n) is 7.23. The van der Waals surface area contributed by atoms with Crippen molar-refractivity contribution in [2.45, 2.75) is 39.8 Å². The van der Waals surface area contributed by atoms with E-state index in [2.05, 4.69) is 11.9 Å². The smallest absolute Gasteiger partial charge is 0.417 e. The lowest BCUT2D eigenvalue weighted by atomic mass is 10.00. The van der Waals surface area contributed by atoms with Gasteiger partial charge >= 0.3 is 6.18 Å². The number of halogens is 4. The second kappa shape index (κ2) is 9.33. The van der Waals surface area contributed by atoms with E-state index in [1.165, 1.54) is 6.07 Å².